The van der Waals surface area contributed by atoms with Crippen LogP contribution in [-0.2, 0) is 9.53 Å². The van der Waals surface area contributed by atoms with E-state index in [1.165, 1.54) is 0 Å². The van der Waals surface area contributed by atoms with Gasteiger partial charge in [0.2, 0.25) is 0 Å². The fourth-order valence-corrected chi connectivity index (χ4v) is 2.94. The molecule has 1 fully saturated rings. The first kappa shape index (κ1) is 17.4. The molecule has 0 bridgehead atoms. The minimum atomic E-state index is -0.773. The third kappa shape index (κ3) is 4.17. The van der Waals surface area contributed by atoms with Gasteiger partial charge < -0.3 is 15.2 Å². The summed E-state index contributed by atoms with van der Waals surface area (Å²) in [6, 6.07) is 0. The van der Waals surface area contributed by atoms with Gasteiger partial charge in [-0.15, -0.1) is 0 Å². The summed E-state index contributed by atoms with van der Waals surface area (Å²) in [7, 11) is 0. The molecule has 0 saturated carbocycles. The Labute approximate surface area is 122 Å². The van der Waals surface area contributed by atoms with Crippen LogP contribution in [0.5, 0.6) is 0 Å². The normalized spacial score (nSPS) is 22.4. The molecule has 5 heteroatoms. The highest BCUT2D eigenvalue weighted by Crippen LogP contribution is 2.22. The summed E-state index contributed by atoms with van der Waals surface area (Å²) in [5.74, 6) is -0.733. The summed E-state index contributed by atoms with van der Waals surface area (Å²) >= 11 is 0. The molecule has 0 aliphatic carbocycles. The number of ether oxygens (including phenoxy) is 1. The SMILES string of the molecule is CCNC(CC)(CCCN1CCOCC1(C)C)C(=O)O. The van der Waals surface area contributed by atoms with Crippen LogP contribution >= 0.6 is 0 Å². The van der Waals surface area contributed by atoms with Crippen LogP contribution in [0.25, 0.3) is 0 Å². The van der Waals surface area contributed by atoms with Gasteiger partial charge in [-0.3, -0.25) is 9.69 Å². The summed E-state index contributed by atoms with van der Waals surface area (Å²) in [6.45, 7) is 12.3. The van der Waals surface area contributed by atoms with Crippen LogP contribution in [0.3, 0.4) is 0 Å². The highest BCUT2D eigenvalue weighted by Gasteiger charge is 2.36. The Hall–Kier alpha value is -0.650. The number of aliphatic carboxylic acids is 1. The van der Waals surface area contributed by atoms with Crippen molar-refractivity contribution < 1.29 is 14.6 Å². The molecule has 1 saturated heterocycles. The molecular weight excluding hydrogens is 256 g/mol. The number of carboxylic acid groups (broad SMARTS) is 1. The average molecular weight is 286 g/mol. The van der Waals surface area contributed by atoms with E-state index < -0.39 is 11.5 Å². The molecule has 2 N–H and O–H groups in total. The number of likely N-dealkylation sites (N-methyl/N-ethyl adjacent to an activating group) is 1. The predicted octanol–water partition coefficient (Wildman–Crippen LogP) is 1.72. The minimum absolute atomic E-state index is 0.0501. The molecule has 0 aromatic rings. The van der Waals surface area contributed by atoms with Crippen molar-refractivity contribution in [2.75, 3.05) is 32.8 Å². The van der Waals surface area contributed by atoms with Gasteiger partial charge in [0.05, 0.1) is 13.2 Å². The molecule has 5 nitrogen and oxygen atoms in total. The molecule has 1 heterocycles. The van der Waals surface area contributed by atoms with Crippen molar-refractivity contribution in [3.05, 3.63) is 0 Å². The molecular formula is C15H30N2O3. The molecule has 20 heavy (non-hydrogen) atoms. The van der Waals surface area contributed by atoms with Crippen molar-refractivity contribution >= 4 is 5.97 Å². The van der Waals surface area contributed by atoms with Crippen molar-refractivity contribution in [1.29, 1.82) is 0 Å². The maximum Gasteiger partial charge on any atom is 0.323 e. The van der Waals surface area contributed by atoms with E-state index in [-0.39, 0.29) is 5.54 Å². The third-order valence-corrected chi connectivity index (χ3v) is 4.38. The van der Waals surface area contributed by atoms with Gasteiger partial charge in [0.25, 0.3) is 0 Å². The number of nitrogens with one attached hydrogen (secondary N) is 1. The Bertz CT molecular complexity index is 320. The Morgan fingerprint density at radius 2 is 2.15 bits per heavy atom. The Morgan fingerprint density at radius 3 is 2.65 bits per heavy atom. The van der Waals surface area contributed by atoms with Gasteiger partial charge in [-0.25, -0.2) is 0 Å². The number of hydrogen-bond donors (Lipinski definition) is 2. The Kier molecular flexibility index (Phi) is 6.43. The fourth-order valence-electron chi connectivity index (χ4n) is 2.94. The summed E-state index contributed by atoms with van der Waals surface area (Å²) in [5, 5.41) is 12.7. The van der Waals surface area contributed by atoms with Gasteiger partial charge in [-0.2, -0.15) is 0 Å². The van der Waals surface area contributed by atoms with Crippen LogP contribution in [0.4, 0.5) is 0 Å². The van der Waals surface area contributed by atoms with Crippen LogP contribution in [-0.4, -0.2) is 59.9 Å². The maximum absolute atomic E-state index is 11.6. The van der Waals surface area contributed by atoms with Crippen molar-refractivity contribution in [2.24, 2.45) is 0 Å². The van der Waals surface area contributed by atoms with Gasteiger partial charge in [0.15, 0.2) is 0 Å². The van der Waals surface area contributed by atoms with Crippen LogP contribution in [0.1, 0.15) is 47.0 Å². The van der Waals surface area contributed by atoms with Crippen LogP contribution in [0.15, 0.2) is 0 Å². The summed E-state index contributed by atoms with van der Waals surface area (Å²) in [4.78, 5) is 14.0. The molecule has 1 aliphatic heterocycles. The second kappa shape index (κ2) is 7.38. The summed E-state index contributed by atoms with van der Waals surface area (Å²) in [6.07, 6.45) is 2.17. The molecule has 0 spiro atoms. The summed E-state index contributed by atoms with van der Waals surface area (Å²) in [5.41, 5.74) is -0.723. The summed E-state index contributed by atoms with van der Waals surface area (Å²) < 4.78 is 5.51. The predicted molar refractivity (Wildman–Crippen MR) is 80.0 cm³/mol. The zero-order chi connectivity index (χ0) is 15.2. The lowest BCUT2D eigenvalue weighted by Gasteiger charge is -2.42. The molecule has 0 aromatic carbocycles. The van der Waals surface area contributed by atoms with Crippen LogP contribution in [0, 0.1) is 0 Å². The van der Waals surface area contributed by atoms with E-state index in [1.54, 1.807) is 0 Å². The first-order valence-electron chi connectivity index (χ1n) is 7.69. The quantitative estimate of drug-likeness (QED) is 0.711. The first-order valence-corrected chi connectivity index (χ1v) is 7.69. The van der Waals surface area contributed by atoms with Gasteiger partial charge in [-0.1, -0.05) is 13.8 Å². The van der Waals surface area contributed by atoms with Crippen LogP contribution < -0.4 is 5.32 Å². The molecule has 0 aromatic heterocycles. The standard InChI is InChI=1S/C15H30N2O3/c1-5-15(13(18)19,16-6-2)8-7-9-17-10-11-20-12-14(17,3)4/h16H,5-12H2,1-4H3,(H,18,19). The number of carbonyl (C=O) groups is 1. The van der Waals surface area contributed by atoms with E-state index >= 15 is 0 Å². The van der Waals surface area contributed by atoms with Gasteiger partial charge in [0, 0.05) is 12.1 Å². The van der Waals surface area contributed by atoms with E-state index in [0.29, 0.717) is 19.4 Å². The van der Waals surface area contributed by atoms with Crippen molar-refractivity contribution in [3.8, 4) is 0 Å². The fraction of sp³-hybridized carbons (Fsp3) is 0.933. The smallest absolute Gasteiger partial charge is 0.323 e. The number of hydrogen-bond acceptors (Lipinski definition) is 4. The van der Waals surface area contributed by atoms with E-state index in [2.05, 4.69) is 24.1 Å². The van der Waals surface area contributed by atoms with Crippen molar-refractivity contribution in [3.63, 3.8) is 0 Å². The van der Waals surface area contributed by atoms with E-state index in [4.69, 9.17) is 4.74 Å². The molecule has 0 radical (unpaired) electrons. The Morgan fingerprint density at radius 1 is 1.45 bits per heavy atom. The number of nitrogens with zero attached hydrogens (tertiary/aromatic N) is 1. The van der Waals surface area contributed by atoms with Gasteiger partial charge >= 0.3 is 5.97 Å². The van der Waals surface area contributed by atoms with Gasteiger partial charge in [-0.05, 0) is 46.2 Å². The monoisotopic (exact) mass is 286 g/mol. The first-order chi connectivity index (χ1) is 9.38. The molecule has 1 unspecified atom stereocenters. The molecule has 1 atom stereocenters. The highest BCUT2D eigenvalue weighted by molar-refractivity contribution is 5.78. The second-order valence-corrected chi connectivity index (χ2v) is 6.23. The van der Waals surface area contributed by atoms with E-state index in [0.717, 1.165) is 32.7 Å². The molecule has 0 amide bonds. The lowest BCUT2D eigenvalue weighted by atomic mass is 9.89. The molecule has 118 valence electrons. The zero-order valence-corrected chi connectivity index (χ0v) is 13.4. The zero-order valence-electron chi connectivity index (χ0n) is 13.4. The molecule has 1 rings (SSSR count). The Balaban J connectivity index is 2.53. The third-order valence-electron chi connectivity index (χ3n) is 4.38. The average Bonchev–Trinajstić information content (AvgIpc) is 2.39. The van der Waals surface area contributed by atoms with Crippen LogP contribution in [0.2, 0.25) is 0 Å². The second-order valence-electron chi connectivity index (χ2n) is 6.23. The number of rotatable bonds is 8. The number of carboxylic acids is 1. The van der Waals surface area contributed by atoms with E-state index in [9.17, 15) is 9.90 Å². The highest BCUT2D eigenvalue weighted by atomic mass is 16.5. The lowest BCUT2D eigenvalue weighted by Crippen LogP contribution is -2.54. The van der Waals surface area contributed by atoms with Gasteiger partial charge in [0.1, 0.15) is 5.54 Å². The topological polar surface area (TPSA) is 61.8 Å². The van der Waals surface area contributed by atoms with Crippen molar-refractivity contribution in [2.45, 2.75) is 58.0 Å². The largest absolute Gasteiger partial charge is 0.480 e. The minimum Gasteiger partial charge on any atom is -0.480 e. The van der Waals surface area contributed by atoms with Crippen molar-refractivity contribution in [1.82, 2.24) is 10.2 Å². The number of morpholine rings is 1. The lowest BCUT2D eigenvalue weighted by molar-refractivity contribution is -0.145. The maximum atomic E-state index is 11.6. The molecule has 1 aliphatic rings. The van der Waals surface area contributed by atoms with E-state index in [1.807, 2.05) is 13.8 Å².